The fraction of sp³-hybridized carbons (Fsp3) is 0.889. The minimum absolute atomic E-state index is 0.0960. The molecule has 1 fully saturated rings. The Morgan fingerprint density at radius 3 is 2.61 bits per heavy atom. The van der Waals surface area contributed by atoms with Gasteiger partial charge in [0.25, 0.3) is 0 Å². The van der Waals surface area contributed by atoms with E-state index in [1.165, 1.54) is 0 Å². The highest BCUT2D eigenvalue weighted by molar-refractivity contribution is 5.68. The van der Waals surface area contributed by atoms with Crippen LogP contribution in [-0.2, 0) is 4.74 Å². The molecule has 1 atom stereocenters. The van der Waals surface area contributed by atoms with Gasteiger partial charge < -0.3 is 15.0 Å². The summed E-state index contributed by atoms with van der Waals surface area (Å²) in [6.07, 6.45) is 4.48. The number of ether oxygens (including phenoxy) is 1. The van der Waals surface area contributed by atoms with Crippen LogP contribution >= 0.6 is 0 Å². The SMILES string of the molecule is CC(C)(CCC#N)CNC1CCCCN(C(=O)OC(C)(C)C)C1. The minimum atomic E-state index is -0.453. The van der Waals surface area contributed by atoms with Crippen molar-refractivity contribution >= 4 is 6.09 Å². The highest BCUT2D eigenvalue weighted by atomic mass is 16.6. The fourth-order valence-electron chi connectivity index (χ4n) is 2.70. The predicted molar refractivity (Wildman–Crippen MR) is 92.1 cm³/mol. The maximum atomic E-state index is 12.3. The first kappa shape index (κ1) is 19.8. The molecule has 1 aliphatic heterocycles. The molecule has 23 heavy (non-hydrogen) atoms. The normalized spacial score (nSPS) is 19.8. The summed E-state index contributed by atoms with van der Waals surface area (Å²) in [7, 11) is 0. The van der Waals surface area contributed by atoms with E-state index in [9.17, 15) is 4.79 Å². The highest BCUT2D eigenvalue weighted by Crippen LogP contribution is 2.22. The number of carbonyl (C=O) groups is 1. The van der Waals surface area contributed by atoms with Crippen LogP contribution in [0.15, 0.2) is 0 Å². The van der Waals surface area contributed by atoms with E-state index in [0.717, 1.165) is 38.8 Å². The van der Waals surface area contributed by atoms with Crippen LogP contribution in [0.4, 0.5) is 4.79 Å². The number of rotatable bonds is 5. The van der Waals surface area contributed by atoms with Gasteiger partial charge in [-0.15, -0.1) is 0 Å². The number of likely N-dealkylation sites (tertiary alicyclic amines) is 1. The molecule has 132 valence electrons. The molecule has 1 N–H and O–H groups in total. The van der Waals surface area contributed by atoms with E-state index in [1.54, 1.807) is 0 Å². The van der Waals surface area contributed by atoms with E-state index >= 15 is 0 Å². The van der Waals surface area contributed by atoms with Gasteiger partial charge in [0, 0.05) is 32.1 Å². The van der Waals surface area contributed by atoms with Crippen molar-refractivity contribution in [2.24, 2.45) is 5.41 Å². The third-order valence-corrected chi connectivity index (χ3v) is 4.11. The quantitative estimate of drug-likeness (QED) is 0.838. The van der Waals surface area contributed by atoms with Gasteiger partial charge in [0.15, 0.2) is 0 Å². The van der Waals surface area contributed by atoms with Crippen LogP contribution in [-0.4, -0.2) is 42.3 Å². The Morgan fingerprint density at radius 2 is 2.00 bits per heavy atom. The van der Waals surface area contributed by atoms with Gasteiger partial charge in [0.05, 0.1) is 6.07 Å². The van der Waals surface area contributed by atoms with E-state index in [2.05, 4.69) is 25.2 Å². The predicted octanol–water partition coefficient (Wildman–Crippen LogP) is 3.70. The molecular weight excluding hydrogens is 290 g/mol. The lowest BCUT2D eigenvalue weighted by atomic mass is 9.87. The first-order chi connectivity index (χ1) is 10.6. The van der Waals surface area contributed by atoms with E-state index in [1.807, 2.05) is 25.7 Å². The number of carbonyl (C=O) groups excluding carboxylic acids is 1. The molecule has 0 aromatic carbocycles. The molecule has 5 nitrogen and oxygen atoms in total. The zero-order valence-electron chi connectivity index (χ0n) is 15.4. The van der Waals surface area contributed by atoms with E-state index in [0.29, 0.717) is 19.0 Å². The Labute approximate surface area is 141 Å². The number of hydrogen-bond donors (Lipinski definition) is 1. The van der Waals surface area contributed by atoms with Crippen LogP contribution in [0.5, 0.6) is 0 Å². The van der Waals surface area contributed by atoms with Gasteiger partial charge in [-0.3, -0.25) is 0 Å². The topological polar surface area (TPSA) is 65.4 Å². The van der Waals surface area contributed by atoms with Crippen molar-refractivity contribution in [3.8, 4) is 6.07 Å². The molecule has 0 aromatic rings. The third kappa shape index (κ3) is 8.22. The standard InChI is InChI=1S/C18H33N3O2/c1-17(2,3)23-16(22)21-12-7-6-9-15(13-21)20-14-18(4,5)10-8-11-19/h15,20H,6-10,12-14H2,1-5H3. The highest BCUT2D eigenvalue weighted by Gasteiger charge is 2.27. The second-order valence-corrected chi connectivity index (χ2v) is 8.32. The van der Waals surface area contributed by atoms with Gasteiger partial charge >= 0.3 is 6.09 Å². The molecule has 1 aliphatic rings. The van der Waals surface area contributed by atoms with Gasteiger partial charge in [-0.05, 0) is 45.4 Å². The van der Waals surface area contributed by atoms with Crippen molar-refractivity contribution in [3.05, 3.63) is 0 Å². The number of nitriles is 1. The molecule has 0 bridgehead atoms. The Morgan fingerprint density at radius 1 is 1.30 bits per heavy atom. The molecule has 0 aliphatic carbocycles. The maximum Gasteiger partial charge on any atom is 0.410 e. The smallest absolute Gasteiger partial charge is 0.410 e. The van der Waals surface area contributed by atoms with Crippen LogP contribution < -0.4 is 5.32 Å². The van der Waals surface area contributed by atoms with Gasteiger partial charge in [-0.1, -0.05) is 20.3 Å². The summed E-state index contributed by atoms with van der Waals surface area (Å²) in [5.41, 5.74) is -0.357. The van der Waals surface area contributed by atoms with E-state index in [4.69, 9.17) is 10.00 Å². The van der Waals surface area contributed by atoms with Crippen molar-refractivity contribution < 1.29 is 9.53 Å². The Hall–Kier alpha value is -1.28. The lowest BCUT2D eigenvalue weighted by Crippen LogP contribution is -2.46. The first-order valence-corrected chi connectivity index (χ1v) is 8.71. The van der Waals surface area contributed by atoms with Crippen LogP contribution in [0.1, 0.15) is 66.7 Å². The van der Waals surface area contributed by atoms with Crippen LogP contribution in [0.2, 0.25) is 0 Å². The molecular formula is C18H33N3O2. The molecule has 0 aromatic heterocycles. The molecule has 0 saturated carbocycles. The molecule has 1 amide bonds. The molecule has 1 saturated heterocycles. The minimum Gasteiger partial charge on any atom is -0.444 e. The molecule has 1 unspecified atom stereocenters. The maximum absolute atomic E-state index is 12.3. The monoisotopic (exact) mass is 323 g/mol. The average Bonchev–Trinajstić information content (AvgIpc) is 2.67. The van der Waals surface area contributed by atoms with Gasteiger partial charge in [-0.25, -0.2) is 4.79 Å². The third-order valence-electron chi connectivity index (χ3n) is 4.11. The van der Waals surface area contributed by atoms with Crippen molar-refractivity contribution in [1.29, 1.82) is 5.26 Å². The van der Waals surface area contributed by atoms with E-state index in [-0.39, 0.29) is 11.5 Å². The Bertz CT molecular complexity index is 421. The summed E-state index contributed by atoms with van der Waals surface area (Å²) < 4.78 is 5.50. The van der Waals surface area contributed by atoms with Crippen molar-refractivity contribution in [2.75, 3.05) is 19.6 Å². The van der Waals surface area contributed by atoms with E-state index < -0.39 is 5.60 Å². The number of hydrogen-bond acceptors (Lipinski definition) is 4. The average molecular weight is 323 g/mol. The van der Waals surface area contributed by atoms with Gasteiger partial charge in [0.2, 0.25) is 0 Å². The number of nitrogens with one attached hydrogen (secondary N) is 1. The van der Waals surface area contributed by atoms with Crippen molar-refractivity contribution in [2.45, 2.75) is 78.4 Å². The molecule has 0 spiro atoms. The van der Waals surface area contributed by atoms with Crippen molar-refractivity contribution in [1.82, 2.24) is 10.2 Å². The largest absolute Gasteiger partial charge is 0.444 e. The lowest BCUT2D eigenvalue weighted by molar-refractivity contribution is 0.0242. The fourth-order valence-corrected chi connectivity index (χ4v) is 2.70. The lowest BCUT2D eigenvalue weighted by Gasteiger charge is -2.31. The van der Waals surface area contributed by atoms with Crippen LogP contribution in [0.25, 0.3) is 0 Å². The molecule has 0 radical (unpaired) electrons. The summed E-state index contributed by atoms with van der Waals surface area (Å²) in [5.74, 6) is 0. The molecule has 1 rings (SSSR count). The summed E-state index contributed by atoms with van der Waals surface area (Å²) in [6.45, 7) is 12.4. The number of amides is 1. The summed E-state index contributed by atoms with van der Waals surface area (Å²) in [4.78, 5) is 14.1. The first-order valence-electron chi connectivity index (χ1n) is 8.71. The summed E-state index contributed by atoms with van der Waals surface area (Å²) in [6, 6.07) is 2.52. The van der Waals surface area contributed by atoms with Crippen molar-refractivity contribution in [3.63, 3.8) is 0 Å². The summed E-state index contributed by atoms with van der Waals surface area (Å²) in [5, 5.41) is 12.3. The number of nitrogens with zero attached hydrogens (tertiary/aromatic N) is 2. The Kier molecular flexibility index (Phi) is 7.34. The van der Waals surface area contributed by atoms with Crippen LogP contribution in [0, 0.1) is 16.7 Å². The van der Waals surface area contributed by atoms with Gasteiger partial charge in [0.1, 0.15) is 5.60 Å². The second kappa shape index (κ2) is 8.54. The second-order valence-electron chi connectivity index (χ2n) is 8.32. The molecule has 1 heterocycles. The molecule has 5 heteroatoms. The van der Waals surface area contributed by atoms with Gasteiger partial charge in [-0.2, -0.15) is 5.26 Å². The summed E-state index contributed by atoms with van der Waals surface area (Å²) >= 11 is 0. The zero-order chi connectivity index (χ0) is 17.5. The Balaban J connectivity index is 2.53. The zero-order valence-corrected chi connectivity index (χ0v) is 15.4. The van der Waals surface area contributed by atoms with Crippen LogP contribution in [0.3, 0.4) is 0 Å².